The Balaban J connectivity index is 1.20. The van der Waals surface area contributed by atoms with Gasteiger partial charge in [-0.05, 0) is 59.8 Å². The van der Waals surface area contributed by atoms with E-state index in [9.17, 15) is 9.59 Å². The minimum absolute atomic E-state index is 0.291. The third-order valence-electron chi connectivity index (χ3n) is 6.87. The number of nitrogens with zero attached hydrogens (tertiary/aromatic N) is 5. The summed E-state index contributed by atoms with van der Waals surface area (Å²) in [6.45, 7) is 3.44. The van der Waals surface area contributed by atoms with E-state index in [1.54, 1.807) is 29.6 Å². The SMILES string of the molecule is Cc1ccncc1-c1cc(N)c2cnc(NC(=O)C(=O)N3CCc4nc5ccccc5n4CC3)cc2c1. The molecule has 37 heavy (non-hydrogen) atoms. The van der Waals surface area contributed by atoms with Crippen LogP contribution < -0.4 is 11.1 Å². The van der Waals surface area contributed by atoms with Gasteiger partial charge in [0.1, 0.15) is 11.6 Å². The molecule has 9 nitrogen and oxygen atoms in total. The molecule has 9 heteroatoms. The highest BCUT2D eigenvalue weighted by atomic mass is 16.2. The van der Waals surface area contributed by atoms with Crippen LogP contribution in [-0.2, 0) is 22.6 Å². The zero-order chi connectivity index (χ0) is 25.5. The number of carbonyl (C=O) groups excluding carboxylic acids is 2. The Hall–Kier alpha value is -4.79. The van der Waals surface area contributed by atoms with E-state index in [0.29, 0.717) is 37.6 Å². The topological polar surface area (TPSA) is 119 Å². The number of aryl methyl sites for hydroxylation is 1. The predicted molar refractivity (Wildman–Crippen MR) is 143 cm³/mol. The van der Waals surface area contributed by atoms with Crippen molar-refractivity contribution in [3.8, 4) is 11.1 Å². The van der Waals surface area contributed by atoms with Crippen molar-refractivity contribution in [2.75, 3.05) is 24.1 Å². The lowest BCUT2D eigenvalue weighted by Crippen LogP contribution is -2.41. The number of para-hydroxylation sites is 2. The normalized spacial score (nSPS) is 13.4. The van der Waals surface area contributed by atoms with E-state index in [1.165, 1.54) is 0 Å². The van der Waals surface area contributed by atoms with Crippen LogP contribution in [-0.4, -0.2) is 49.3 Å². The maximum absolute atomic E-state index is 13.0. The van der Waals surface area contributed by atoms with Crippen molar-refractivity contribution in [1.82, 2.24) is 24.4 Å². The van der Waals surface area contributed by atoms with Gasteiger partial charge in [0.15, 0.2) is 0 Å². The second kappa shape index (κ2) is 9.02. The van der Waals surface area contributed by atoms with E-state index in [1.807, 2.05) is 49.4 Å². The number of imidazole rings is 1. The number of nitrogen functional groups attached to an aromatic ring is 1. The van der Waals surface area contributed by atoms with Crippen molar-refractivity contribution in [2.45, 2.75) is 19.9 Å². The van der Waals surface area contributed by atoms with Crippen LogP contribution >= 0.6 is 0 Å². The molecule has 0 fully saturated rings. The first-order valence-corrected chi connectivity index (χ1v) is 12.1. The third-order valence-corrected chi connectivity index (χ3v) is 6.87. The molecule has 4 heterocycles. The molecule has 0 saturated carbocycles. The van der Waals surface area contributed by atoms with E-state index in [2.05, 4.69) is 19.9 Å². The molecule has 2 aromatic carbocycles. The first-order valence-electron chi connectivity index (χ1n) is 12.1. The minimum atomic E-state index is -0.719. The predicted octanol–water partition coefficient (Wildman–Crippen LogP) is 3.56. The van der Waals surface area contributed by atoms with Gasteiger partial charge in [-0.25, -0.2) is 9.97 Å². The van der Waals surface area contributed by atoms with Crippen LogP contribution in [0.15, 0.2) is 67.1 Å². The number of fused-ring (bicyclic) bond motifs is 4. The molecule has 3 N–H and O–H groups in total. The zero-order valence-corrected chi connectivity index (χ0v) is 20.3. The van der Waals surface area contributed by atoms with Crippen LogP contribution in [0.3, 0.4) is 0 Å². The molecule has 6 rings (SSSR count). The third kappa shape index (κ3) is 4.14. The molecule has 1 aliphatic rings. The van der Waals surface area contributed by atoms with Crippen molar-refractivity contribution < 1.29 is 9.59 Å². The summed E-state index contributed by atoms with van der Waals surface area (Å²) >= 11 is 0. The van der Waals surface area contributed by atoms with E-state index in [-0.39, 0.29) is 0 Å². The van der Waals surface area contributed by atoms with Gasteiger partial charge in [-0.15, -0.1) is 0 Å². The number of carbonyl (C=O) groups is 2. The molecule has 0 saturated heterocycles. The molecule has 184 valence electrons. The van der Waals surface area contributed by atoms with Crippen molar-refractivity contribution in [3.05, 3.63) is 78.5 Å². The molecule has 0 spiro atoms. The van der Waals surface area contributed by atoms with E-state index < -0.39 is 11.8 Å². The summed E-state index contributed by atoms with van der Waals surface area (Å²) in [5, 5.41) is 4.25. The summed E-state index contributed by atoms with van der Waals surface area (Å²) < 4.78 is 2.12. The highest BCUT2D eigenvalue weighted by Gasteiger charge is 2.26. The van der Waals surface area contributed by atoms with Gasteiger partial charge < -0.3 is 20.5 Å². The highest BCUT2D eigenvalue weighted by molar-refractivity contribution is 6.39. The lowest BCUT2D eigenvalue weighted by atomic mass is 9.99. The average Bonchev–Trinajstić information content (AvgIpc) is 3.12. The van der Waals surface area contributed by atoms with Crippen molar-refractivity contribution in [2.24, 2.45) is 0 Å². The molecule has 0 bridgehead atoms. The summed E-state index contributed by atoms with van der Waals surface area (Å²) in [5.74, 6) is -0.0934. The molecule has 3 aromatic heterocycles. The summed E-state index contributed by atoms with van der Waals surface area (Å²) in [6.07, 6.45) is 5.74. The molecule has 0 atom stereocenters. The highest BCUT2D eigenvalue weighted by Crippen LogP contribution is 2.31. The monoisotopic (exact) mass is 491 g/mol. The maximum atomic E-state index is 13.0. The lowest BCUT2D eigenvalue weighted by molar-refractivity contribution is -0.143. The summed E-state index contributed by atoms with van der Waals surface area (Å²) in [4.78, 5) is 40.7. The number of amides is 2. The van der Waals surface area contributed by atoms with Gasteiger partial charge in [0.05, 0.1) is 11.0 Å². The maximum Gasteiger partial charge on any atom is 0.315 e. The fraction of sp³-hybridized carbons (Fsp3) is 0.179. The van der Waals surface area contributed by atoms with Crippen LogP contribution in [0.4, 0.5) is 11.5 Å². The van der Waals surface area contributed by atoms with Gasteiger partial charge in [-0.1, -0.05) is 12.1 Å². The summed E-state index contributed by atoms with van der Waals surface area (Å²) in [6, 6.07) is 15.5. The first kappa shape index (κ1) is 22.7. The van der Waals surface area contributed by atoms with Gasteiger partial charge in [0.2, 0.25) is 0 Å². The van der Waals surface area contributed by atoms with E-state index in [4.69, 9.17) is 10.7 Å². The molecule has 0 unspecified atom stereocenters. The van der Waals surface area contributed by atoms with Gasteiger partial charge in [-0.3, -0.25) is 14.6 Å². The Labute approximate surface area is 213 Å². The number of nitrogens with two attached hydrogens (primary N) is 1. The minimum Gasteiger partial charge on any atom is -0.398 e. The van der Waals surface area contributed by atoms with Crippen molar-refractivity contribution >= 4 is 45.1 Å². The Morgan fingerprint density at radius 2 is 1.89 bits per heavy atom. The quantitative estimate of drug-likeness (QED) is 0.288. The second-order valence-corrected chi connectivity index (χ2v) is 9.21. The molecular weight excluding hydrogens is 466 g/mol. The van der Waals surface area contributed by atoms with Crippen LogP contribution in [0.5, 0.6) is 0 Å². The summed E-state index contributed by atoms with van der Waals surface area (Å²) in [7, 11) is 0. The number of hydrogen-bond acceptors (Lipinski definition) is 6. The standard InChI is InChI=1S/C28H25N7O2/c1-17-6-8-30-15-20(17)18-12-19-14-25(31-16-21(19)22(29)13-18)33-27(36)28(37)34-9-7-26-32-23-4-2-3-5-24(23)35(26)11-10-34/h2-6,8,12-16H,7,9-11,29H2,1H3,(H,31,33,36). The smallest absolute Gasteiger partial charge is 0.315 e. The Kier molecular flexibility index (Phi) is 5.52. The second-order valence-electron chi connectivity index (χ2n) is 9.21. The molecule has 0 radical (unpaired) electrons. The first-order chi connectivity index (χ1) is 18.0. The van der Waals surface area contributed by atoms with Gasteiger partial charge >= 0.3 is 11.8 Å². The number of pyridine rings is 2. The molecule has 1 aliphatic heterocycles. The number of nitrogens with one attached hydrogen (secondary N) is 1. The molecule has 0 aliphatic carbocycles. The Morgan fingerprint density at radius 3 is 2.76 bits per heavy atom. The Morgan fingerprint density at radius 1 is 1.03 bits per heavy atom. The summed E-state index contributed by atoms with van der Waals surface area (Å²) in [5.41, 5.74) is 11.8. The molecular formula is C28H25N7O2. The number of hydrogen-bond donors (Lipinski definition) is 2. The van der Waals surface area contributed by atoms with Crippen molar-refractivity contribution in [3.63, 3.8) is 0 Å². The number of aromatic nitrogens is 4. The van der Waals surface area contributed by atoms with Crippen LogP contribution in [0.25, 0.3) is 32.9 Å². The van der Waals surface area contributed by atoms with Gasteiger partial charge in [0, 0.05) is 61.3 Å². The number of benzene rings is 2. The molecule has 2 amide bonds. The van der Waals surface area contributed by atoms with Crippen molar-refractivity contribution in [1.29, 1.82) is 0 Å². The number of rotatable bonds is 2. The lowest BCUT2D eigenvalue weighted by Gasteiger charge is -2.19. The fourth-order valence-electron chi connectivity index (χ4n) is 4.93. The van der Waals surface area contributed by atoms with Crippen LogP contribution in [0, 0.1) is 6.92 Å². The van der Waals surface area contributed by atoms with Gasteiger partial charge in [-0.2, -0.15) is 0 Å². The molecule has 5 aromatic rings. The van der Waals surface area contributed by atoms with Crippen LogP contribution in [0.1, 0.15) is 11.4 Å². The van der Waals surface area contributed by atoms with Crippen LogP contribution in [0.2, 0.25) is 0 Å². The van der Waals surface area contributed by atoms with Gasteiger partial charge in [0.25, 0.3) is 0 Å². The largest absolute Gasteiger partial charge is 0.398 e. The average molecular weight is 492 g/mol. The van der Waals surface area contributed by atoms with E-state index >= 15 is 0 Å². The zero-order valence-electron chi connectivity index (χ0n) is 20.3. The van der Waals surface area contributed by atoms with E-state index in [0.717, 1.165) is 44.3 Å². The Bertz CT molecular complexity index is 1690. The fourth-order valence-corrected chi connectivity index (χ4v) is 4.93. The number of anilines is 2.